The average molecular weight is 254 g/mol. The lowest BCUT2D eigenvalue weighted by Crippen LogP contribution is -2.59. The van der Waals surface area contributed by atoms with Crippen LogP contribution in [0.15, 0.2) is 10.6 Å². The molecule has 1 fully saturated rings. The minimum atomic E-state index is -1.14. The van der Waals surface area contributed by atoms with E-state index in [-0.39, 0.29) is 12.3 Å². The summed E-state index contributed by atoms with van der Waals surface area (Å²) in [6.07, 6.45) is 1.67. The maximum absolute atomic E-state index is 11.8. The van der Waals surface area contributed by atoms with E-state index in [9.17, 15) is 9.59 Å². The van der Waals surface area contributed by atoms with E-state index in [1.807, 2.05) is 0 Å². The van der Waals surface area contributed by atoms with Crippen molar-refractivity contribution in [1.29, 1.82) is 0 Å². The van der Waals surface area contributed by atoms with Crippen LogP contribution in [0.4, 0.5) is 0 Å². The van der Waals surface area contributed by atoms with E-state index >= 15 is 0 Å². The third-order valence-electron chi connectivity index (χ3n) is 3.05. The van der Waals surface area contributed by atoms with Gasteiger partial charge in [-0.05, 0) is 19.3 Å². The highest BCUT2D eigenvalue weighted by Gasteiger charge is 2.46. The summed E-state index contributed by atoms with van der Waals surface area (Å²) in [6, 6.07) is 1.44. The highest BCUT2D eigenvalue weighted by Crippen LogP contribution is 2.32. The molecule has 18 heavy (non-hydrogen) atoms. The molecule has 0 bridgehead atoms. The van der Waals surface area contributed by atoms with Gasteiger partial charge in [0.2, 0.25) is 0 Å². The average Bonchev–Trinajstić information content (AvgIpc) is 2.71. The zero-order chi connectivity index (χ0) is 13.2. The number of aromatic nitrogens is 1. The van der Waals surface area contributed by atoms with Crippen molar-refractivity contribution in [3.05, 3.63) is 17.5 Å². The van der Waals surface area contributed by atoms with Gasteiger partial charge in [0.05, 0.1) is 0 Å². The highest BCUT2D eigenvalue weighted by molar-refractivity contribution is 5.96. The number of carboxylic acid groups (broad SMARTS) is 1. The highest BCUT2D eigenvalue weighted by atomic mass is 16.5. The van der Waals surface area contributed by atoms with Crippen LogP contribution in [-0.2, 0) is 16.1 Å². The molecule has 2 N–H and O–H groups in total. The molecule has 1 aromatic rings. The van der Waals surface area contributed by atoms with Crippen molar-refractivity contribution in [3.8, 4) is 0 Å². The molecule has 1 aliphatic rings. The van der Waals surface area contributed by atoms with Crippen LogP contribution in [0.5, 0.6) is 0 Å². The SMILES string of the molecule is COCc1cc(C(=O)NC2(C(=O)O)CCC2)no1. The maximum atomic E-state index is 11.8. The Labute approximate surface area is 103 Å². The van der Waals surface area contributed by atoms with Crippen LogP contribution >= 0.6 is 0 Å². The van der Waals surface area contributed by atoms with Gasteiger partial charge in [-0.2, -0.15) is 0 Å². The van der Waals surface area contributed by atoms with Gasteiger partial charge < -0.3 is 19.7 Å². The van der Waals surface area contributed by atoms with Crippen LogP contribution in [0.25, 0.3) is 0 Å². The number of carbonyl (C=O) groups is 2. The topological polar surface area (TPSA) is 102 Å². The number of nitrogens with one attached hydrogen (secondary N) is 1. The van der Waals surface area contributed by atoms with Gasteiger partial charge in [0.15, 0.2) is 11.5 Å². The van der Waals surface area contributed by atoms with Gasteiger partial charge in [-0.15, -0.1) is 0 Å². The third kappa shape index (κ3) is 2.21. The molecule has 1 aliphatic carbocycles. The molecule has 7 nitrogen and oxygen atoms in total. The minimum absolute atomic E-state index is 0.0644. The monoisotopic (exact) mass is 254 g/mol. The van der Waals surface area contributed by atoms with E-state index < -0.39 is 17.4 Å². The third-order valence-corrected chi connectivity index (χ3v) is 3.05. The second kappa shape index (κ2) is 4.77. The number of rotatable bonds is 5. The number of carbonyl (C=O) groups excluding carboxylic acids is 1. The van der Waals surface area contributed by atoms with Crippen LogP contribution in [-0.4, -0.2) is 34.8 Å². The van der Waals surface area contributed by atoms with E-state index in [1.54, 1.807) is 0 Å². The number of ether oxygens (including phenoxy) is 1. The predicted molar refractivity (Wildman–Crippen MR) is 58.9 cm³/mol. The molecule has 0 atom stereocenters. The van der Waals surface area contributed by atoms with Crippen molar-refractivity contribution < 1.29 is 24.0 Å². The number of amides is 1. The Bertz CT molecular complexity index is 464. The van der Waals surface area contributed by atoms with E-state index in [1.165, 1.54) is 13.2 Å². The van der Waals surface area contributed by atoms with E-state index in [0.717, 1.165) is 6.42 Å². The molecule has 1 aromatic heterocycles. The summed E-state index contributed by atoms with van der Waals surface area (Å²) in [7, 11) is 1.50. The Morgan fingerprint density at radius 3 is 2.83 bits per heavy atom. The molecule has 1 heterocycles. The smallest absolute Gasteiger partial charge is 0.329 e. The number of carboxylic acids is 1. The lowest BCUT2D eigenvalue weighted by molar-refractivity contribution is -0.148. The molecule has 0 saturated heterocycles. The summed E-state index contributed by atoms with van der Waals surface area (Å²) in [6.45, 7) is 0.213. The minimum Gasteiger partial charge on any atom is -0.480 e. The van der Waals surface area contributed by atoms with Crippen LogP contribution < -0.4 is 5.32 Å². The van der Waals surface area contributed by atoms with Crippen molar-refractivity contribution in [2.75, 3.05) is 7.11 Å². The van der Waals surface area contributed by atoms with Gasteiger partial charge in [0.25, 0.3) is 5.91 Å². The van der Waals surface area contributed by atoms with Crippen molar-refractivity contribution in [2.24, 2.45) is 0 Å². The van der Waals surface area contributed by atoms with Gasteiger partial charge in [0, 0.05) is 13.2 Å². The van der Waals surface area contributed by atoms with Gasteiger partial charge in [-0.25, -0.2) is 4.79 Å². The summed E-state index contributed by atoms with van der Waals surface area (Å²) in [5.41, 5.74) is -1.08. The van der Waals surface area contributed by atoms with Gasteiger partial charge in [0.1, 0.15) is 12.1 Å². The summed E-state index contributed by atoms with van der Waals surface area (Å²) in [5.74, 6) is -1.13. The molecule has 98 valence electrons. The second-order valence-electron chi connectivity index (χ2n) is 4.31. The molecule has 1 saturated carbocycles. The first-order valence-corrected chi connectivity index (χ1v) is 5.58. The summed E-state index contributed by atoms with van der Waals surface area (Å²) < 4.78 is 9.70. The Balaban J connectivity index is 2.04. The van der Waals surface area contributed by atoms with Gasteiger partial charge >= 0.3 is 5.97 Å². The Hall–Kier alpha value is -1.89. The molecule has 7 heteroatoms. The van der Waals surface area contributed by atoms with Crippen LogP contribution in [0.2, 0.25) is 0 Å². The predicted octanol–water partition coefficient (Wildman–Crippen LogP) is 0.558. The van der Waals surface area contributed by atoms with Gasteiger partial charge in [-0.1, -0.05) is 5.16 Å². The lowest BCUT2D eigenvalue weighted by atomic mass is 9.76. The Kier molecular flexibility index (Phi) is 3.33. The standard InChI is InChI=1S/C11H14N2O5/c1-17-6-7-5-8(13-18-7)9(14)12-11(10(15)16)3-2-4-11/h5H,2-4,6H2,1H3,(H,12,14)(H,15,16). The molecular formula is C11H14N2O5. The fourth-order valence-corrected chi connectivity index (χ4v) is 1.83. The van der Waals surface area contributed by atoms with Crippen molar-refractivity contribution >= 4 is 11.9 Å². The first-order valence-electron chi connectivity index (χ1n) is 5.58. The lowest BCUT2D eigenvalue weighted by Gasteiger charge is -2.37. The fraction of sp³-hybridized carbons (Fsp3) is 0.545. The van der Waals surface area contributed by atoms with Crippen molar-refractivity contribution in [2.45, 2.75) is 31.4 Å². The molecule has 0 aliphatic heterocycles. The molecule has 0 spiro atoms. The Morgan fingerprint density at radius 1 is 1.61 bits per heavy atom. The van der Waals surface area contributed by atoms with E-state index in [2.05, 4.69) is 10.5 Å². The molecule has 1 amide bonds. The normalized spacial score (nSPS) is 16.9. The molecule has 2 rings (SSSR count). The van der Waals surface area contributed by atoms with Crippen LogP contribution in [0, 0.1) is 0 Å². The fourth-order valence-electron chi connectivity index (χ4n) is 1.83. The maximum Gasteiger partial charge on any atom is 0.329 e. The van der Waals surface area contributed by atoms with Crippen LogP contribution in [0.3, 0.4) is 0 Å². The summed E-state index contributed by atoms with van der Waals surface area (Å²) in [5, 5.41) is 15.2. The van der Waals surface area contributed by atoms with Crippen LogP contribution in [0.1, 0.15) is 35.5 Å². The Morgan fingerprint density at radius 2 is 2.33 bits per heavy atom. The second-order valence-corrected chi connectivity index (χ2v) is 4.31. The quantitative estimate of drug-likeness (QED) is 0.796. The largest absolute Gasteiger partial charge is 0.480 e. The first kappa shape index (κ1) is 12.6. The number of aliphatic carboxylic acids is 1. The molecule has 0 unspecified atom stereocenters. The van der Waals surface area contributed by atoms with E-state index in [4.69, 9.17) is 14.4 Å². The van der Waals surface area contributed by atoms with E-state index in [0.29, 0.717) is 18.6 Å². The number of hydrogen-bond acceptors (Lipinski definition) is 5. The van der Waals surface area contributed by atoms with Crippen molar-refractivity contribution in [3.63, 3.8) is 0 Å². The molecule has 0 aromatic carbocycles. The number of methoxy groups -OCH3 is 1. The molecule has 0 radical (unpaired) electrons. The summed E-state index contributed by atoms with van der Waals surface area (Å²) in [4.78, 5) is 22.9. The number of nitrogens with zero attached hydrogens (tertiary/aromatic N) is 1. The van der Waals surface area contributed by atoms with Crippen molar-refractivity contribution in [1.82, 2.24) is 10.5 Å². The number of hydrogen-bond donors (Lipinski definition) is 2. The zero-order valence-electron chi connectivity index (χ0n) is 9.93. The summed E-state index contributed by atoms with van der Waals surface area (Å²) >= 11 is 0. The first-order chi connectivity index (χ1) is 8.57. The zero-order valence-corrected chi connectivity index (χ0v) is 9.93. The molecular weight excluding hydrogens is 240 g/mol. The van der Waals surface area contributed by atoms with Gasteiger partial charge in [-0.3, -0.25) is 4.79 Å².